The molecule has 1 aliphatic heterocycles. The fourth-order valence-corrected chi connectivity index (χ4v) is 3.52. The molecule has 0 bridgehead atoms. The lowest BCUT2D eigenvalue weighted by molar-refractivity contribution is 0.142. The summed E-state index contributed by atoms with van der Waals surface area (Å²) in [5, 5.41) is 7.22. The highest BCUT2D eigenvalue weighted by atomic mass is 16.5. The van der Waals surface area contributed by atoms with Gasteiger partial charge in [-0.2, -0.15) is 4.98 Å². The Bertz CT molecular complexity index is 560. The van der Waals surface area contributed by atoms with Gasteiger partial charge < -0.3 is 19.5 Å². The first-order valence-corrected chi connectivity index (χ1v) is 8.90. The van der Waals surface area contributed by atoms with E-state index in [-0.39, 0.29) is 17.5 Å². The van der Waals surface area contributed by atoms with E-state index in [0.29, 0.717) is 12.5 Å². The maximum atomic E-state index is 12.2. The molecule has 24 heavy (non-hydrogen) atoms. The molecule has 1 aliphatic carbocycles. The minimum Gasteiger partial charge on any atom is -0.375 e. The molecule has 2 fully saturated rings. The highest BCUT2D eigenvalue weighted by Gasteiger charge is 2.44. The number of nitrogens with zero attached hydrogens (tertiary/aromatic N) is 3. The van der Waals surface area contributed by atoms with Gasteiger partial charge in [0, 0.05) is 31.7 Å². The zero-order chi connectivity index (χ0) is 17.2. The summed E-state index contributed by atoms with van der Waals surface area (Å²) in [7, 11) is 1.62. The van der Waals surface area contributed by atoms with Crippen LogP contribution >= 0.6 is 0 Å². The van der Waals surface area contributed by atoms with Crippen molar-refractivity contribution < 1.29 is 14.1 Å². The molecule has 1 aromatic rings. The third kappa shape index (κ3) is 3.88. The Labute approximate surface area is 143 Å². The van der Waals surface area contributed by atoms with Crippen molar-refractivity contribution >= 4 is 6.03 Å². The monoisotopic (exact) mass is 336 g/mol. The summed E-state index contributed by atoms with van der Waals surface area (Å²) in [5.74, 6) is 2.10. The summed E-state index contributed by atoms with van der Waals surface area (Å²) in [6.07, 6.45) is 5.46. The lowest BCUT2D eigenvalue weighted by Crippen LogP contribution is -2.50. The predicted octanol–water partition coefficient (Wildman–Crippen LogP) is 2.47. The lowest BCUT2D eigenvalue weighted by atomic mass is 9.73. The number of rotatable bonds is 6. The van der Waals surface area contributed by atoms with E-state index in [9.17, 15) is 4.79 Å². The van der Waals surface area contributed by atoms with Crippen LogP contribution in [0.3, 0.4) is 0 Å². The van der Waals surface area contributed by atoms with E-state index in [4.69, 9.17) is 9.26 Å². The lowest BCUT2D eigenvalue weighted by Gasteiger charge is -2.40. The summed E-state index contributed by atoms with van der Waals surface area (Å²) in [5.41, 5.74) is -0.0642. The van der Waals surface area contributed by atoms with Gasteiger partial charge >= 0.3 is 6.03 Å². The molecule has 2 heterocycles. The summed E-state index contributed by atoms with van der Waals surface area (Å²) in [6, 6.07) is 0.183. The van der Waals surface area contributed by atoms with Crippen LogP contribution in [0, 0.1) is 5.92 Å². The number of urea groups is 1. The van der Waals surface area contributed by atoms with Crippen molar-refractivity contribution in [3.63, 3.8) is 0 Å². The van der Waals surface area contributed by atoms with E-state index < -0.39 is 0 Å². The zero-order valence-electron chi connectivity index (χ0n) is 14.9. The molecular weight excluding hydrogens is 308 g/mol. The Kier molecular flexibility index (Phi) is 5.08. The zero-order valence-corrected chi connectivity index (χ0v) is 14.9. The number of methoxy groups -OCH3 is 1. The van der Waals surface area contributed by atoms with Gasteiger partial charge in [0.15, 0.2) is 5.82 Å². The van der Waals surface area contributed by atoms with Crippen molar-refractivity contribution in [3.8, 4) is 0 Å². The number of carbonyl (C=O) groups is 1. The van der Waals surface area contributed by atoms with Gasteiger partial charge in [0.2, 0.25) is 0 Å². The number of amides is 2. The van der Waals surface area contributed by atoms with Crippen molar-refractivity contribution in [2.45, 2.75) is 64.0 Å². The highest BCUT2D eigenvalue weighted by Crippen LogP contribution is 2.46. The van der Waals surface area contributed by atoms with E-state index in [1.807, 2.05) is 18.7 Å². The molecule has 1 N–H and O–H groups in total. The number of carbonyl (C=O) groups excluding carboxylic acids is 1. The maximum absolute atomic E-state index is 12.2. The van der Waals surface area contributed by atoms with Crippen molar-refractivity contribution in [2.24, 2.45) is 5.92 Å². The molecule has 134 valence electrons. The Morgan fingerprint density at radius 2 is 2.12 bits per heavy atom. The quantitative estimate of drug-likeness (QED) is 0.863. The second-order valence-corrected chi connectivity index (χ2v) is 7.46. The number of ether oxygens (including phenoxy) is 1. The van der Waals surface area contributed by atoms with Crippen molar-refractivity contribution in [1.29, 1.82) is 0 Å². The van der Waals surface area contributed by atoms with Crippen LogP contribution in [0.2, 0.25) is 0 Å². The second kappa shape index (κ2) is 7.09. The van der Waals surface area contributed by atoms with Gasteiger partial charge in [0.25, 0.3) is 5.89 Å². The summed E-state index contributed by atoms with van der Waals surface area (Å²) >= 11 is 0. The molecule has 7 heteroatoms. The summed E-state index contributed by atoms with van der Waals surface area (Å²) in [4.78, 5) is 18.7. The Morgan fingerprint density at radius 1 is 1.42 bits per heavy atom. The molecule has 0 unspecified atom stereocenters. The van der Waals surface area contributed by atoms with Gasteiger partial charge in [0.1, 0.15) is 6.61 Å². The van der Waals surface area contributed by atoms with Gasteiger partial charge in [-0.15, -0.1) is 0 Å². The molecular formula is C17H28N4O3. The number of nitrogens with one attached hydrogen (secondary N) is 1. The fourth-order valence-electron chi connectivity index (χ4n) is 3.52. The third-order valence-electron chi connectivity index (χ3n) is 5.01. The van der Waals surface area contributed by atoms with E-state index in [2.05, 4.69) is 15.5 Å². The molecule has 0 spiro atoms. The van der Waals surface area contributed by atoms with Gasteiger partial charge in [-0.3, -0.25) is 0 Å². The smallest absolute Gasteiger partial charge is 0.317 e. The molecule has 2 aliphatic rings. The number of likely N-dealkylation sites (tertiary alicyclic amines) is 1. The standard InChI is InChI=1S/C17H28N4O3/c1-12(2)18-16(22)21-8-6-17(7-9-21,10-13-4-5-13)15-19-14(11-23-3)24-20-15/h12-13H,4-11H2,1-3H3,(H,18,22). The first kappa shape index (κ1) is 17.2. The van der Waals surface area contributed by atoms with Gasteiger partial charge in [-0.05, 0) is 39.0 Å². The Hall–Kier alpha value is -1.63. The average Bonchev–Trinajstić information content (AvgIpc) is 3.22. The number of aromatic nitrogens is 2. The molecule has 1 saturated carbocycles. The molecule has 0 aromatic carbocycles. The topological polar surface area (TPSA) is 80.5 Å². The summed E-state index contributed by atoms with van der Waals surface area (Å²) < 4.78 is 10.4. The SMILES string of the molecule is COCc1nc(C2(CC3CC3)CCN(C(=O)NC(C)C)CC2)no1. The van der Waals surface area contributed by atoms with Crippen LogP contribution in [0.25, 0.3) is 0 Å². The third-order valence-corrected chi connectivity index (χ3v) is 5.01. The van der Waals surface area contributed by atoms with E-state index >= 15 is 0 Å². The van der Waals surface area contributed by atoms with E-state index in [1.165, 1.54) is 12.8 Å². The van der Waals surface area contributed by atoms with Crippen molar-refractivity contribution in [3.05, 3.63) is 11.7 Å². The number of piperidine rings is 1. The van der Waals surface area contributed by atoms with Crippen LogP contribution < -0.4 is 5.32 Å². The molecule has 0 radical (unpaired) electrons. The van der Waals surface area contributed by atoms with Gasteiger partial charge in [-0.1, -0.05) is 18.0 Å². The summed E-state index contributed by atoms with van der Waals surface area (Å²) in [6.45, 7) is 5.78. The second-order valence-electron chi connectivity index (χ2n) is 7.46. The fraction of sp³-hybridized carbons (Fsp3) is 0.824. The predicted molar refractivity (Wildman–Crippen MR) is 88.5 cm³/mol. The minimum absolute atomic E-state index is 0.0261. The average molecular weight is 336 g/mol. The number of hydrogen-bond donors (Lipinski definition) is 1. The molecule has 1 saturated heterocycles. The minimum atomic E-state index is -0.0642. The van der Waals surface area contributed by atoms with Gasteiger partial charge in [-0.25, -0.2) is 4.79 Å². The van der Waals surface area contributed by atoms with Crippen LogP contribution in [-0.4, -0.2) is 47.3 Å². The van der Waals surface area contributed by atoms with Crippen LogP contribution in [0.15, 0.2) is 4.52 Å². The maximum Gasteiger partial charge on any atom is 0.317 e. The van der Waals surface area contributed by atoms with Crippen molar-refractivity contribution in [1.82, 2.24) is 20.4 Å². The molecule has 2 amide bonds. The first-order chi connectivity index (χ1) is 11.5. The molecule has 7 nitrogen and oxygen atoms in total. The van der Waals surface area contributed by atoms with Gasteiger partial charge in [0.05, 0.1) is 0 Å². The normalized spacial score (nSPS) is 20.4. The highest BCUT2D eigenvalue weighted by molar-refractivity contribution is 5.74. The molecule has 0 atom stereocenters. The first-order valence-electron chi connectivity index (χ1n) is 8.90. The Balaban J connectivity index is 1.70. The molecule has 3 rings (SSSR count). The Morgan fingerprint density at radius 3 is 2.71 bits per heavy atom. The largest absolute Gasteiger partial charge is 0.375 e. The van der Waals surface area contributed by atoms with Crippen LogP contribution in [-0.2, 0) is 16.8 Å². The van der Waals surface area contributed by atoms with Crippen LogP contribution in [0.4, 0.5) is 4.79 Å². The molecule has 1 aromatic heterocycles. The van der Waals surface area contributed by atoms with E-state index in [1.54, 1.807) is 7.11 Å². The van der Waals surface area contributed by atoms with Crippen LogP contribution in [0.5, 0.6) is 0 Å². The van der Waals surface area contributed by atoms with Crippen molar-refractivity contribution in [2.75, 3.05) is 20.2 Å². The van der Waals surface area contributed by atoms with E-state index in [0.717, 1.165) is 44.1 Å². The number of hydrogen-bond acceptors (Lipinski definition) is 5. The van der Waals surface area contributed by atoms with Crippen LogP contribution in [0.1, 0.15) is 57.7 Å².